The number of ether oxygens (including phenoxy) is 1. The molecule has 1 aliphatic carbocycles. The average Bonchev–Trinajstić information content (AvgIpc) is 2.61. The van der Waals surface area contributed by atoms with Crippen molar-refractivity contribution >= 4 is 5.97 Å². The predicted molar refractivity (Wildman–Crippen MR) is 72.1 cm³/mol. The van der Waals surface area contributed by atoms with Gasteiger partial charge in [0.1, 0.15) is 0 Å². The summed E-state index contributed by atoms with van der Waals surface area (Å²) in [6.45, 7) is 2.61. The highest BCUT2D eigenvalue weighted by atomic mass is 16.5. The van der Waals surface area contributed by atoms with Crippen LogP contribution in [0, 0.1) is 5.41 Å². The molecule has 4 nitrogen and oxygen atoms in total. The van der Waals surface area contributed by atoms with Gasteiger partial charge in [0.25, 0.3) is 0 Å². The van der Waals surface area contributed by atoms with E-state index in [1.54, 1.807) is 0 Å². The monoisotopic (exact) mass is 267 g/mol. The fourth-order valence-electron chi connectivity index (χ4n) is 4.10. The number of aliphatic carboxylic acids is 1. The zero-order valence-corrected chi connectivity index (χ0v) is 11.6. The minimum Gasteiger partial charge on any atom is -0.481 e. The summed E-state index contributed by atoms with van der Waals surface area (Å²) < 4.78 is 5.85. The van der Waals surface area contributed by atoms with E-state index in [-0.39, 0.29) is 0 Å². The number of carboxylic acids is 1. The molecule has 3 rings (SSSR count). The fourth-order valence-corrected chi connectivity index (χ4v) is 4.10. The number of hydrogen-bond acceptors (Lipinski definition) is 3. The van der Waals surface area contributed by atoms with E-state index in [0.717, 1.165) is 58.2 Å². The van der Waals surface area contributed by atoms with Gasteiger partial charge in [0.2, 0.25) is 0 Å². The first-order valence-electron chi connectivity index (χ1n) is 7.79. The molecule has 2 atom stereocenters. The molecule has 0 aromatic heterocycles. The first kappa shape index (κ1) is 13.4. The van der Waals surface area contributed by atoms with Crippen LogP contribution in [0.4, 0.5) is 0 Å². The van der Waals surface area contributed by atoms with Gasteiger partial charge in [-0.2, -0.15) is 0 Å². The molecule has 4 heteroatoms. The maximum Gasteiger partial charge on any atom is 0.310 e. The smallest absolute Gasteiger partial charge is 0.310 e. The zero-order chi connectivity index (χ0) is 13.3. The summed E-state index contributed by atoms with van der Waals surface area (Å²) in [5.74, 6) is -0.576. The van der Waals surface area contributed by atoms with E-state index in [0.29, 0.717) is 12.2 Å². The van der Waals surface area contributed by atoms with Crippen LogP contribution in [-0.4, -0.2) is 47.8 Å². The van der Waals surface area contributed by atoms with Crippen LogP contribution in [0.1, 0.15) is 51.4 Å². The normalized spacial score (nSPS) is 34.9. The minimum atomic E-state index is -0.576. The second-order valence-corrected chi connectivity index (χ2v) is 6.65. The SMILES string of the molecule is O=C(O)C1(CN2CC3CCC(C2)O3)CCCCCC1. The predicted octanol–water partition coefficient (Wildman–Crippen LogP) is 2.27. The molecule has 2 heterocycles. The number of carbonyl (C=O) groups is 1. The van der Waals surface area contributed by atoms with Gasteiger partial charge in [-0.3, -0.25) is 9.69 Å². The number of likely N-dealkylation sites (tertiary alicyclic amines) is 1. The van der Waals surface area contributed by atoms with E-state index in [4.69, 9.17) is 4.74 Å². The number of fused-ring (bicyclic) bond motifs is 2. The van der Waals surface area contributed by atoms with Gasteiger partial charge in [0.05, 0.1) is 17.6 Å². The van der Waals surface area contributed by atoms with Gasteiger partial charge in [-0.25, -0.2) is 0 Å². The number of rotatable bonds is 3. The quantitative estimate of drug-likeness (QED) is 0.797. The lowest BCUT2D eigenvalue weighted by Crippen LogP contribution is -2.50. The van der Waals surface area contributed by atoms with Gasteiger partial charge in [0, 0.05) is 19.6 Å². The summed E-state index contributed by atoms with van der Waals surface area (Å²) in [7, 11) is 0. The Balaban J connectivity index is 1.68. The lowest BCUT2D eigenvalue weighted by atomic mass is 9.79. The third-order valence-corrected chi connectivity index (χ3v) is 5.16. The highest BCUT2D eigenvalue weighted by Gasteiger charge is 2.43. The lowest BCUT2D eigenvalue weighted by Gasteiger charge is -2.38. The number of morpholine rings is 1. The van der Waals surface area contributed by atoms with Gasteiger partial charge in [-0.05, 0) is 25.7 Å². The molecule has 0 spiro atoms. The third kappa shape index (κ3) is 2.79. The van der Waals surface area contributed by atoms with Crippen molar-refractivity contribution in [3.63, 3.8) is 0 Å². The van der Waals surface area contributed by atoms with Crippen LogP contribution in [0.5, 0.6) is 0 Å². The van der Waals surface area contributed by atoms with Gasteiger partial charge < -0.3 is 9.84 Å². The summed E-state index contributed by atoms with van der Waals surface area (Å²) in [6.07, 6.45) is 9.28. The lowest BCUT2D eigenvalue weighted by molar-refractivity contribution is -0.153. The Morgan fingerprint density at radius 2 is 1.68 bits per heavy atom. The zero-order valence-electron chi connectivity index (χ0n) is 11.6. The number of hydrogen-bond donors (Lipinski definition) is 1. The Kier molecular flexibility index (Phi) is 3.81. The summed E-state index contributed by atoms with van der Waals surface area (Å²) >= 11 is 0. The highest BCUT2D eigenvalue weighted by Crippen LogP contribution is 2.38. The highest BCUT2D eigenvalue weighted by molar-refractivity contribution is 5.75. The molecular formula is C15H25NO3. The average molecular weight is 267 g/mol. The van der Waals surface area contributed by atoms with Crippen molar-refractivity contribution in [2.45, 2.75) is 63.6 Å². The molecule has 2 saturated heterocycles. The molecule has 0 radical (unpaired) electrons. The van der Waals surface area contributed by atoms with Crippen molar-refractivity contribution in [1.82, 2.24) is 4.90 Å². The van der Waals surface area contributed by atoms with Crippen LogP contribution in [0.2, 0.25) is 0 Å². The van der Waals surface area contributed by atoms with Crippen molar-refractivity contribution in [3.05, 3.63) is 0 Å². The summed E-state index contributed by atoms with van der Waals surface area (Å²) in [6, 6.07) is 0. The Hall–Kier alpha value is -0.610. The molecule has 1 saturated carbocycles. The van der Waals surface area contributed by atoms with Crippen LogP contribution in [0.15, 0.2) is 0 Å². The van der Waals surface area contributed by atoms with E-state index in [2.05, 4.69) is 4.90 Å². The van der Waals surface area contributed by atoms with E-state index in [9.17, 15) is 9.90 Å². The van der Waals surface area contributed by atoms with Gasteiger partial charge >= 0.3 is 5.97 Å². The molecule has 3 fully saturated rings. The maximum atomic E-state index is 11.8. The van der Waals surface area contributed by atoms with Crippen molar-refractivity contribution in [2.75, 3.05) is 19.6 Å². The fraction of sp³-hybridized carbons (Fsp3) is 0.933. The molecule has 108 valence electrons. The van der Waals surface area contributed by atoms with Crippen molar-refractivity contribution < 1.29 is 14.6 Å². The second-order valence-electron chi connectivity index (χ2n) is 6.65. The van der Waals surface area contributed by atoms with Crippen LogP contribution >= 0.6 is 0 Å². The third-order valence-electron chi connectivity index (χ3n) is 5.16. The molecule has 0 aromatic carbocycles. The molecule has 1 N–H and O–H groups in total. The Morgan fingerprint density at radius 3 is 2.21 bits per heavy atom. The Bertz CT molecular complexity index is 324. The van der Waals surface area contributed by atoms with E-state index >= 15 is 0 Å². The van der Waals surface area contributed by atoms with E-state index < -0.39 is 11.4 Å². The van der Waals surface area contributed by atoms with Crippen molar-refractivity contribution in [3.8, 4) is 0 Å². The maximum absolute atomic E-state index is 11.8. The minimum absolute atomic E-state index is 0.357. The summed E-state index contributed by atoms with van der Waals surface area (Å²) in [4.78, 5) is 14.2. The summed E-state index contributed by atoms with van der Waals surface area (Å²) in [5, 5.41) is 9.73. The number of nitrogens with zero attached hydrogens (tertiary/aromatic N) is 1. The molecular weight excluding hydrogens is 242 g/mol. The number of carboxylic acid groups (broad SMARTS) is 1. The van der Waals surface area contributed by atoms with Crippen LogP contribution in [-0.2, 0) is 9.53 Å². The molecule has 2 unspecified atom stereocenters. The second kappa shape index (κ2) is 5.41. The van der Waals surface area contributed by atoms with Crippen LogP contribution in [0.3, 0.4) is 0 Å². The molecule has 2 aliphatic heterocycles. The molecule has 0 aromatic rings. The largest absolute Gasteiger partial charge is 0.481 e. The standard InChI is InChI=1S/C15H25NO3/c17-14(18)15(7-3-1-2-4-8-15)11-16-9-12-5-6-13(10-16)19-12/h12-13H,1-11H2,(H,17,18). The van der Waals surface area contributed by atoms with E-state index in [1.165, 1.54) is 12.8 Å². The summed E-state index contributed by atoms with van der Waals surface area (Å²) in [5.41, 5.74) is -0.493. The van der Waals surface area contributed by atoms with Crippen LogP contribution < -0.4 is 0 Å². The molecule has 3 aliphatic rings. The van der Waals surface area contributed by atoms with Gasteiger partial charge in [0.15, 0.2) is 0 Å². The van der Waals surface area contributed by atoms with Crippen LogP contribution in [0.25, 0.3) is 0 Å². The topological polar surface area (TPSA) is 49.8 Å². The Labute approximate surface area is 115 Å². The first-order valence-corrected chi connectivity index (χ1v) is 7.79. The van der Waals surface area contributed by atoms with Crippen molar-refractivity contribution in [2.24, 2.45) is 5.41 Å². The molecule has 0 amide bonds. The molecule has 2 bridgehead atoms. The molecule has 19 heavy (non-hydrogen) atoms. The van der Waals surface area contributed by atoms with E-state index in [1.807, 2.05) is 0 Å². The van der Waals surface area contributed by atoms with Gasteiger partial charge in [-0.15, -0.1) is 0 Å². The van der Waals surface area contributed by atoms with Gasteiger partial charge in [-0.1, -0.05) is 25.7 Å². The van der Waals surface area contributed by atoms with Crippen molar-refractivity contribution in [1.29, 1.82) is 0 Å². The Morgan fingerprint density at radius 1 is 1.11 bits per heavy atom. The first-order chi connectivity index (χ1) is 9.18.